The van der Waals surface area contributed by atoms with Crippen LogP contribution in [0.15, 0.2) is 0 Å². The summed E-state index contributed by atoms with van der Waals surface area (Å²) in [6.45, 7) is 0. The maximum absolute atomic E-state index is 8.31. The average Bonchev–Trinajstić information content (AvgIpc) is 1.35. The summed E-state index contributed by atoms with van der Waals surface area (Å²) in [5.74, 6) is 0. The maximum Gasteiger partial charge on any atom is 0.128 e. The summed E-state index contributed by atoms with van der Waals surface area (Å²) in [7, 11) is 0. The van der Waals surface area contributed by atoms with Crippen molar-refractivity contribution in [2.45, 2.75) is 12.0 Å². The lowest BCUT2D eigenvalue weighted by atomic mass is 10.5. The first-order chi connectivity index (χ1) is 2.77. The van der Waals surface area contributed by atoms with Crippen LogP contribution in [0.3, 0.4) is 0 Å². The highest BCUT2D eigenvalue weighted by Crippen LogP contribution is 1.98. The van der Waals surface area contributed by atoms with Gasteiger partial charge >= 0.3 is 0 Å². The molecule has 38 valence electrons. The summed E-state index contributed by atoms with van der Waals surface area (Å²) in [4.78, 5) is 0. The smallest absolute Gasteiger partial charge is 0.128 e. The molecule has 0 saturated heterocycles. The van der Waals surface area contributed by atoms with Gasteiger partial charge in [0.15, 0.2) is 0 Å². The summed E-state index contributed by atoms with van der Waals surface area (Å²) in [6.07, 6.45) is 0.683. The molecule has 6 heavy (non-hydrogen) atoms. The van der Waals surface area contributed by atoms with Crippen LogP contribution in [-0.4, -0.2) is 15.1 Å². The van der Waals surface area contributed by atoms with Gasteiger partial charge in [-0.1, -0.05) is 34.2 Å². The molecule has 0 aliphatic heterocycles. The Hall–Kier alpha value is 0.980. The van der Waals surface area contributed by atoms with E-state index in [1.165, 1.54) is 0 Å². The summed E-state index contributed by atoms with van der Waals surface area (Å²) in [6, 6.07) is 0. The second kappa shape index (κ2) is 4.15. The van der Waals surface area contributed by atoms with Crippen molar-refractivity contribution in [3.63, 3.8) is 0 Å². The van der Waals surface area contributed by atoms with E-state index in [0.29, 0.717) is 6.42 Å². The summed E-state index contributed by atoms with van der Waals surface area (Å²) < 4.78 is 0.919. The van der Waals surface area contributed by atoms with E-state index in [4.69, 9.17) is 16.7 Å². The van der Waals surface area contributed by atoms with Crippen LogP contribution in [0.2, 0.25) is 0 Å². The molecule has 1 atom stereocenters. The fourth-order valence-corrected chi connectivity index (χ4v) is 1.16. The monoisotopic (exact) mass is 220 g/mol. The Labute approximate surface area is 55.8 Å². The lowest BCUT2D eigenvalue weighted by Gasteiger charge is -1.91. The third-order valence-corrected chi connectivity index (χ3v) is 1.19. The number of halogens is 2. The summed E-state index contributed by atoms with van der Waals surface area (Å²) in [5, 5.41) is 8.31. The lowest BCUT2D eigenvalue weighted by molar-refractivity contribution is 0.254. The van der Waals surface area contributed by atoms with Crippen molar-refractivity contribution in [3.8, 4) is 0 Å². The molecule has 3 heteroatoms. The Kier molecular flexibility index (Phi) is 4.82. The van der Waals surface area contributed by atoms with E-state index in [0.717, 1.165) is 4.43 Å². The molecule has 0 bridgehead atoms. The van der Waals surface area contributed by atoms with Gasteiger partial charge in [-0.2, -0.15) is 0 Å². The second-order valence-corrected chi connectivity index (χ2v) is 2.49. The largest absolute Gasteiger partial charge is 0.378 e. The molecule has 0 fully saturated rings. The second-order valence-electron chi connectivity index (χ2n) is 0.912. The van der Waals surface area contributed by atoms with Gasteiger partial charge in [0, 0.05) is 4.43 Å². The van der Waals surface area contributed by atoms with Gasteiger partial charge in [-0.25, -0.2) is 0 Å². The molecule has 0 aromatic carbocycles. The minimum Gasteiger partial charge on any atom is -0.378 e. The standard InChI is InChI=1S/C3H6ClIO/c4-3(6)1-2-5/h3,6H,1-2H2. The minimum atomic E-state index is -0.637. The molecule has 1 N–H and O–H groups in total. The molecule has 0 rings (SSSR count). The van der Waals surface area contributed by atoms with E-state index in [2.05, 4.69) is 22.6 Å². The fraction of sp³-hybridized carbons (Fsp3) is 1.00. The van der Waals surface area contributed by atoms with E-state index in [9.17, 15) is 0 Å². The van der Waals surface area contributed by atoms with Crippen LogP contribution < -0.4 is 0 Å². The Morgan fingerprint density at radius 3 is 2.33 bits per heavy atom. The minimum absolute atomic E-state index is 0.637. The van der Waals surface area contributed by atoms with E-state index in [1.54, 1.807) is 0 Å². The molecular weight excluding hydrogens is 214 g/mol. The van der Waals surface area contributed by atoms with Crippen molar-refractivity contribution in [1.29, 1.82) is 0 Å². The zero-order valence-electron chi connectivity index (χ0n) is 3.19. The van der Waals surface area contributed by atoms with Crippen LogP contribution in [0.25, 0.3) is 0 Å². The number of alkyl halides is 2. The van der Waals surface area contributed by atoms with Crippen LogP contribution in [0.1, 0.15) is 6.42 Å². The van der Waals surface area contributed by atoms with Gasteiger partial charge in [-0.15, -0.1) is 0 Å². The van der Waals surface area contributed by atoms with Gasteiger partial charge in [0.05, 0.1) is 0 Å². The third-order valence-electron chi connectivity index (χ3n) is 0.347. The van der Waals surface area contributed by atoms with Gasteiger partial charge < -0.3 is 5.11 Å². The molecule has 1 nitrogen and oxygen atoms in total. The molecular formula is C3H6ClIO. The Bertz CT molecular complexity index is 32.0. The summed E-state index contributed by atoms with van der Waals surface area (Å²) in [5.41, 5.74) is -0.637. The zero-order chi connectivity index (χ0) is 4.99. The molecule has 0 aliphatic carbocycles. The van der Waals surface area contributed by atoms with Crippen molar-refractivity contribution < 1.29 is 5.11 Å². The average molecular weight is 220 g/mol. The molecule has 0 aromatic heterocycles. The first-order valence-electron chi connectivity index (χ1n) is 1.65. The van der Waals surface area contributed by atoms with Gasteiger partial charge in [0.1, 0.15) is 5.56 Å². The van der Waals surface area contributed by atoms with Crippen molar-refractivity contribution in [2.75, 3.05) is 4.43 Å². The molecule has 0 amide bonds. The number of aliphatic hydroxyl groups excluding tert-OH is 1. The van der Waals surface area contributed by atoms with Crippen LogP contribution in [0, 0.1) is 0 Å². The van der Waals surface area contributed by atoms with E-state index in [1.807, 2.05) is 0 Å². The highest BCUT2D eigenvalue weighted by Gasteiger charge is 1.91. The van der Waals surface area contributed by atoms with Crippen molar-refractivity contribution in [3.05, 3.63) is 0 Å². The van der Waals surface area contributed by atoms with Crippen LogP contribution in [0.4, 0.5) is 0 Å². The zero-order valence-corrected chi connectivity index (χ0v) is 6.11. The first-order valence-corrected chi connectivity index (χ1v) is 3.61. The Morgan fingerprint density at radius 1 is 1.83 bits per heavy atom. The number of aliphatic hydroxyl groups is 1. The number of rotatable bonds is 2. The molecule has 0 aliphatic rings. The molecule has 0 radical (unpaired) electrons. The topological polar surface area (TPSA) is 20.2 Å². The van der Waals surface area contributed by atoms with Gasteiger partial charge in [0.25, 0.3) is 0 Å². The van der Waals surface area contributed by atoms with Crippen molar-refractivity contribution in [2.24, 2.45) is 0 Å². The Balaban J connectivity index is 2.63. The summed E-state index contributed by atoms with van der Waals surface area (Å²) >= 11 is 7.29. The molecule has 0 spiro atoms. The van der Waals surface area contributed by atoms with E-state index >= 15 is 0 Å². The maximum atomic E-state index is 8.31. The van der Waals surface area contributed by atoms with Crippen molar-refractivity contribution >= 4 is 34.2 Å². The van der Waals surface area contributed by atoms with Gasteiger partial charge in [0.2, 0.25) is 0 Å². The molecule has 0 heterocycles. The highest BCUT2D eigenvalue weighted by molar-refractivity contribution is 14.1. The highest BCUT2D eigenvalue weighted by atomic mass is 127. The van der Waals surface area contributed by atoms with Gasteiger partial charge in [-0.05, 0) is 6.42 Å². The predicted octanol–water partition coefficient (Wildman–Crippen LogP) is 1.37. The van der Waals surface area contributed by atoms with Crippen LogP contribution in [-0.2, 0) is 0 Å². The SMILES string of the molecule is OC(Cl)CCI. The van der Waals surface area contributed by atoms with E-state index in [-0.39, 0.29) is 0 Å². The number of hydrogen-bond acceptors (Lipinski definition) is 1. The molecule has 0 aromatic rings. The first kappa shape index (κ1) is 6.98. The fourth-order valence-electron chi connectivity index (χ4n) is 0.0900. The van der Waals surface area contributed by atoms with Crippen molar-refractivity contribution in [1.82, 2.24) is 0 Å². The number of hydrogen-bond donors (Lipinski definition) is 1. The normalized spacial score (nSPS) is 14.5. The Morgan fingerprint density at radius 2 is 2.33 bits per heavy atom. The molecule has 0 saturated carbocycles. The quantitative estimate of drug-likeness (QED) is 0.550. The van der Waals surface area contributed by atoms with Crippen LogP contribution in [0.5, 0.6) is 0 Å². The van der Waals surface area contributed by atoms with Gasteiger partial charge in [-0.3, -0.25) is 0 Å². The predicted molar refractivity (Wildman–Crippen MR) is 35.4 cm³/mol. The molecule has 1 unspecified atom stereocenters. The van der Waals surface area contributed by atoms with Crippen LogP contribution >= 0.6 is 34.2 Å². The van der Waals surface area contributed by atoms with E-state index < -0.39 is 5.56 Å². The lowest BCUT2D eigenvalue weighted by Crippen LogP contribution is -1.93. The third kappa shape index (κ3) is 4.98.